The van der Waals surface area contributed by atoms with Gasteiger partial charge in [0, 0.05) is 75.4 Å². The second-order valence-electron chi connectivity index (χ2n) is 20.4. The summed E-state index contributed by atoms with van der Waals surface area (Å²) in [5, 5.41) is 30.6. The first kappa shape index (κ1) is 47.7. The van der Waals surface area contributed by atoms with Gasteiger partial charge in [-0.3, -0.25) is 17.7 Å². The van der Waals surface area contributed by atoms with Crippen LogP contribution in [0.5, 0.6) is 11.5 Å². The molecule has 6 aromatic carbocycles. The average molecular weight is 1150 g/mol. The molecule has 7 rings (SSSR count). The molecule has 0 unspecified atom stereocenters. The number of aromatic hydroxyl groups is 2. The standard InChI is InChI=1S/C54H61N3O2.2W/c1-33-17-15-18-34(2)48(33)57-44-28-23-36(52(6,7)8)29-41(44)40-27-24-37(31-46(40)57)55-38-30-43(54(12,13)14)50(59)47(32-38)56(39-25-21-35(22-26-39)51(3,4)5)45-20-16-19-42(49(45)58)53(9,10)11;;/h15-24,27-32,55,58-59H,1-14H3;;/q-2;;. The van der Waals surface area contributed by atoms with Crippen molar-refractivity contribution >= 4 is 50.2 Å². The number of nitrogens with one attached hydrogen (secondary N) is 1. The third kappa shape index (κ3) is 9.26. The van der Waals surface area contributed by atoms with Gasteiger partial charge in [0.2, 0.25) is 0 Å². The third-order valence-electron chi connectivity index (χ3n) is 11.6. The van der Waals surface area contributed by atoms with Crippen molar-refractivity contribution in [3.05, 3.63) is 143 Å². The number of aryl methyl sites for hydroxylation is 2. The van der Waals surface area contributed by atoms with Crippen molar-refractivity contribution in [1.29, 1.82) is 0 Å². The molecular formula is C54H61N3O2W2-2. The molecule has 0 amide bonds. The second-order valence-corrected chi connectivity index (χ2v) is 20.4. The van der Waals surface area contributed by atoms with Gasteiger partial charge in [-0.15, -0.1) is 5.41 Å². The Labute approximate surface area is 393 Å². The molecule has 7 aromatic rings. The quantitative estimate of drug-likeness (QED) is 0.115. The number of para-hydroxylation sites is 2. The van der Waals surface area contributed by atoms with Gasteiger partial charge in [-0.1, -0.05) is 126 Å². The summed E-state index contributed by atoms with van der Waals surface area (Å²) in [5.41, 5.74) is 12.3. The Morgan fingerprint density at radius 1 is 0.525 bits per heavy atom. The number of hydrogen-bond acceptors (Lipinski definition) is 4. The first-order chi connectivity index (χ1) is 27.4. The molecule has 0 radical (unpaired) electrons. The molecule has 0 bridgehead atoms. The molecule has 0 aliphatic heterocycles. The van der Waals surface area contributed by atoms with Gasteiger partial charge < -0.3 is 37.1 Å². The van der Waals surface area contributed by atoms with E-state index in [2.05, 4.69) is 174 Å². The minimum absolute atomic E-state index is 0. The Bertz CT molecular complexity index is 2700. The van der Waals surface area contributed by atoms with E-state index in [0.717, 1.165) is 33.6 Å². The number of benzene rings is 6. The molecule has 0 fully saturated rings. The first-order valence-electron chi connectivity index (χ1n) is 20.8. The Balaban J connectivity index is 0.00000352. The zero-order valence-electron chi connectivity index (χ0n) is 38.3. The fourth-order valence-electron chi connectivity index (χ4n) is 8.19. The molecule has 0 aliphatic carbocycles. The van der Waals surface area contributed by atoms with E-state index >= 15 is 0 Å². The molecule has 61 heavy (non-hydrogen) atoms. The summed E-state index contributed by atoms with van der Waals surface area (Å²) < 4.78 is 2.41. The van der Waals surface area contributed by atoms with Crippen LogP contribution in [0.25, 0.3) is 27.5 Å². The predicted molar refractivity (Wildman–Crippen MR) is 250 cm³/mol. The number of aromatic nitrogens is 1. The van der Waals surface area contributed by atoms with Gasteiger partial charge in [0.05, 0.1) is 28.1 Å². The normalized spacial score (nSPS) is 12.3. The van der Waals surface area contributed by atoms with E-state index in [1.165, 1.54) is 38.7 Å². The van der Waals surface area contributed by atoms with Crippen LogP contribution in [0.15, 0.2) is 97.1 Å². The molecule has 1 heterocycles. The second kappa shape index (κ2) is 17.1. The van der Waals surface area contributed by atoms with Crippen LogP contribution in [0.3, 0.4) is 0 Å². The number of phenolic OH excluding ortho intramolecular Hbond substituents is 2. The van der Waals surface area contributed by atoms with Gasteiger partial charge in [0.1, 0.15) is 11.5 Å². The topological polar surface area (TPSA) is 60.7 Å². The van der Waals surface area contributed by atoms with Crippen LogP contribution in [-0.2, 0) is 63.8 Å². The first-order valence-corrected chi connectivity index (χ1v) is 20.8. The summed E-state index contributed by atoms with van der Waals surface area (Å²) in [5.74, 6) is 0.279. The molecule has 318 valence electrons. The number of phenols is 2. The van der Waals surface area contributed by atoms with E-state index in [9.17, 15) is 10.2 Å². The van der Waals surface area contributed by atoms with Gasteiger partial charge >= 0.3 is 0 Å². The zero-order chi connectivity index (χ0) is 43.0. The van der Waals surface area contributed by atoms with Crippen LogP contribution in [0.1, 0.15) is 116 Å². The van der Waals surface area contributed by atoms with E-state index in [1.54, 1.807) is 0 Å². The van der Waals surface area contributed by atoms with E-state index in [-0.39, 0.29) is 69.9 Å². The molecule has 0 aliphatic rings. The van der Waals surface area contributed by atoms with Gasteiger partial charge in [0.15, 0.2) is 0 Å². The summed E-state index contributed by atoms with van der Waals surface area (Å²) in [6, 6.07) is 40.8. The Hall–Kier alpha value is -4.30. The van der Waals surface area contributed by atoms with E-state index in [4.69, 9.17) is 0 Å². The van der Waals surface area contributed by atoms with Gasteiger partial charge in [-0.05, 0) is 89.2 Å². The van der Waals surface area contributed by atoms with E-state index in [0.29, 0.717) is 17.1 Å². The number of hydrogen-bond donors (Lipinski definition) is 3. The third-order valence-corrected chi connectivity index (χ3v) is 11.6. The summed E-state index contributed by atoms with van der Waals surface area (Å²) in [6.07, 6.45) is 0. The fraction of sp³-hybridized carbons (Fsp3) is 0.333. The van der Waals surface area contributed by atoms with E-state index < -0.39 is 5.41 Å². The number of fused-ring (bicyclic) bond motifs is 3. The average Bonchev–Trinajstić information content (AvgIpc) is 3.44. The number of anilines is 5. The number of nitrogens with zero attached hydrogens (tertiary/aromatic N) is 2. The van der Waals surface area contributed by atoms with Gasteiger partial charge in [-0.2, -0.15) is 5.69 Å². The maximum absolute atomic E-state index is 12.3. The van der Waals surface area contributed by atoms with Crippen molar-refractivity contribution in [3.8, 4) is 17.2 Å². The Morgan fingerprint density at radius 2 is 1.10 bits per heavy atom. The zero-order valence-corrected chi connectivity index (χ0v) is 44.2. The smallest absolute Gasteiger partial charge is 0.143 e. The molecule has 5 nitrogen and oxygen atoms in total. The van der Waals surface area contributed by atoms with Crippen molar-refractivity contribution in [3.63, 3.8) is 0 Å². The summed E-state index contributed by atoms with van der Waals surface area (Å²) >= 11 is 0. The minimum atomic E-state index is -0.426. The maximum Gasteiger partial charge on any atom is 0.143 e. The number of rotatable bonds is 6. The summed E-state index contributed by atoms with van der Waals surface area (Å²) in [4.78, 5) is 1.89. The van der Waals surface area contributed by atoms with Gasteiger partial charge in [0.25, 0.3) is 0 Å². The molecular weight excluding hydrogens is 1090 g/mol. The van der Waals surface area contributed by atoms with Crippen molar-refractivity contribution in [2.75, 3.05) is 10.2 Å². The van der Waals surface area contributed by atoms with Crippen molar-refractivity contribution < 1.29 is 52.3 Å². The molecule has 0 atom stereocenters. The van der Waals surface area contributed by atoms with E-state index in [1.807, 2.05) is 47.4 Å². The maximum atomic E-state index is 12.3. The molecule has 7 heteroatoms. The van der Waals surface area contributed by atoms with Gasteiger partial charge in [-0.25, -0.2) is 0 Å². The summed E-state index contributed by atoms with van der Waals surface area (Å²) in [6.45, 7) is 30.2. The van der Waals surface area contributed by atoms with Crippen molar-refractivity contribution in [1.82, 2.24) is 4.57 Å². The molecule has 0 saturated carbocycles. The van der Waals surface area contributed by atoms with Crippen molar-refractivity contribution in [2.24, 2.45) is 0 Å². The Morgan fingerprint density at radius 3 is 1.67 bits per heavy atom. The predicted octanol–water partition coefficient (Wildman–Crippen LogP) is 14.8. The van der Waals surface area contributed by atoms with Crippen molar-refractivity contribution in [2.45, 2.75) is 119 Å². The monoisotopic (exact) mass is 1150 g/mol. The Kier molecular flexibility index (Phi) is 13.4. The SMILES string of the molecule is Cc1cccc(C)c1-n1c2ccc(C(C)(C)C)cc2c2ccc(Nc3cc(N(c4[c-]cc(C(C)(C)C)c[c-]4)c4cccc(C(C)(C)C)c4O)c(O)c(C(C)(C)C)c3)cc21.[W].[W]. The minimum Gasteiger partial charge on any atom is -0.505 e. The molecule has 1 aromatic heterocycles. The largest absolute Gasteiger partial charge is 0.505 e. The van der Waals surface area contributed by atoms with Crippen LogP contribution in [0.4, 0.5) is 28.4 Å². The molecule has 0 saturated heterocycles. The van der Waals surface area contributed by atoms with Crippen LogP contribution >= 0.6 is 0 Å². The molecule has 0 spiro atoms. The fourth-order valence-corrected chi connectivity index (χ4v) is 8.19. The summed E-state index contributed by atoms with van der Waals surface area (Å²) in [7, 11) is 0. The van der Waals surface area contributed by atoms with Crippen LogP contribution < -0.4 is 10.2 Å². The van der Waals surface area contributed by atoms with Crippen LogP contribution in [0, 0.1) is 26.0 Å². The van der Waals surface area contributed by atoms with Crippen LogP contribution in [0.2, 0.25) is 0 Å². The molecule has 3 N–H and O–H groups in total. The van der Waals surface area contributed by atoms with Crippen LogP contribution in [-0.4, -0.2) is 14.8 Å².